The monoisotopic (exact) mass is 154 g/mol. The molecule has 0 aliphatic heterocycles. The van der Waals surface area contributed by atoms with E-state index < -0.39 is 0 Å². The maximum Gasteiger partial charge on any atom is 0.146 e. The standard InChI is InChI=1S/C7H10N2O2/c1-11-7-4-5(8)2-3-6(7)9-10/h2-4,9-10H,8H2,1H3. The second-order valence-corrected chi connectivity index (χ2v) is 2.07. The number of methoxy groups -OCH3 is 1. The molecule has 0 heterocycles. The highest BCUT2D eigenvalue weighted by molar-refractivity contribution is 5.61. The van der Waals surface area contributed by atoms with E-state index in [1.54, 1.807) is 18.2 Å². The number of ether oxygens (including phenoxy) is 1. The third-order valence-electron chi connectivity index (χ3n) is 1.35. The summed E-state index contributed by atoms with van der Waals surface area (Å²) in [5.74, 6) is 0.521. The van der Waals surface area contributed by atoms with Crippen molar-refractivity contribution in [2.45, 2.75) is 0 Å². The number of rotatable bonds is 2. The molecule has 0 amide bonds. The molecule has 0 bridgehead atoms. The molecule has 0 radical (unpaired) electrons. The Balaban J connectivity index is 3.06. The molecule has 11 heavy (non-hydrogen) atoms. The van der Waals surface area contributed by atoms with Gasteiger partial charge < -0.3 is 10.5 Å². The first-order valence-corrected chi connectivity index (χ1v) is 3.11. The van der Waals surface area contributed by atoms with Crippen LogP contribution >= 0.6 is 0 Å². The van der Waals surface area contributed by atoms with Crippen molar-refractivity contribution in [2.24, 2.45) is 0 Å². The van der Waals surface area contributed by atoms with Gasteiger partial charge in [-0.2, -0.15) is 0 Å². The molecule has 0 saturated heterocycles. The first-order valence-electron chi connectivity index (χ1n) is 3.11. The maximum absolute atomic E-state index is 8.57. The second kappa shape index (κ2) is 3.12. The lowest BCUT2D eigenvalue weighted by atomic mass is 10.2. The smallest absolute Gasteiger partial charge is 0.146 e. The van der Waals surface area contributed by atoms with Gasteiger partial charge in [-0.1, -0.05) is 0 Å². The van der Waals surface area contributed by atoms with Crippen molar-refractivity contribution in [3.05, 3.63) is 18.2 Å². The van der Waals surface area contributed by atoms with E-state index in [-0.39, 0.29) is 0 Å². The van der Waals surface area contributed by atoms with Crippen LogP contribution < -0.4 is 16.0 Å². The van der Waals surface area contributed by atoms with Gasteiger partial charge in [-0.05, 0) is 12.1 Å². The largest absolute Gasteiger partial charge is 0.494 e. The zero-order valence-electron chi connectivity index (χ0n) is 6.16. The molecule has 0 aromatic heterocycles. The number of anilines is 2. The number of hydrogen-bond acceptors (Lipinski definition) is 4. The average Bonchev–Trinajstić information content (AvgIpc) is 2.04. The van der Waals surface area contributed by atoms with Crippen LogP contribution in [0.2, 0.25) is 0 Å². The van der Waals surface area contributed by atoms with Gasteiger partial charge in [-0.15, -0.1) is 0 Å². The molecule has 4 N–H and O–H groups in total. The molecule has 0 fully saturated rings. The normalized spacial score (nSPS) is 9.27. The lowest BCUT2D eigenvalue weighted by molar-refractivity contribution is 0.373. The Bertz CT molecular complexity index is 250. The molecule has 0 saturated carbocycles. The number of nitrogen functional groups attached to an aromatic ring is 1. The van der Waals surface area contributed by atoms with Gasteiger partial charge in [0.2, 0.25) is 0 Å². The van der Waals surface area contributed by atoms with Crippen LogP contribution in [0.4, 0.5) is 11.4 Å². The number of benzene rings is 1. The Morgan fingerprint density at radius 2 is 2.27 bits per heavy atom. The number of hydrogen-bond donors (Lipinski definition) is 3. The third kappa shape index (κ3) is 1.53. The summed E-state index contributed by atoms with van der Waals surface area (Å²) in [4.78, 5) is 0. The molecular formula is C7H10N2O2. The van der Waals surface area contributed by atoms with E-state index in [0.29, 0.717) is 17.1 Å². The van der Waals surface area contributed by atoms with Crippen molar-refractivity contribution in [3.63, 3.8) is 0 Å². The minimum atomic E-state index is 0.502. The lowest BCUT2D eigenvalue weighted by Gasteiger charge is -2.06. The highest BCUT2D eigenvalue weighted by atomic mass is 16.5. The summed E-state index contributed by atoms with van der Waals surface area (Å²) in [5, 5.41) is 8.57. The molecule has 0 atom stereocenters. The highest BCUT2D eigenvalue weighted by Gasteiger charge is 1.99. The van der Waals surface area contributed by atoms with E-state index in [4.69, 9.17) is 15.7 Å². The van der Waals surface area contributed by atoms with Gasteiger partial charge in [-0.25, -0.2) is 0 Å². The van der Waals surface area contributed by atoms with Crippen molar-refractivity contribution >= 4 is 11.4 Å². The summed E-state index contributed by atoms with van der Waals surface area (Å²) in [5.41, 5.74) is 8.56. The van der Waals surface area contributed by atoms with Crippen LogP contribution in [0.3, 0.4) is 0 Å². The molecule has 0 aliphatic rings. The second-order valence-electron chi connectivity index (χ2n) is 2.07. The number of nitrogens with two attached hydrogens (primary N) is 1. The van der Waals surface area contributed by atoms with Gasteiger partial charge in [0.15, 0.2) is 0 Å². The summed E-state index contributed by atoms with van der Waals surface area (Å²) in [7, 11) is 1.51. The van der Waals surface area contributed by atoms with Gasteiger partial charge in [0.25, 0.3) is 0 Å². The molecule has 1 aromatic carbocycles. The molecule has 4 nitrogen and oxygen atoms in total. The predicted octanol–water partition coefficient (Wildman–Crippen LogP) is 1.08. The van der Waals surface area contributed by atoms with Crippen molar-refractivity contribution in [1.82, 2.24) is 0 Å². The van der Waals surface area contributed by atoms with Gasteiger partial charge in [0.05, 0.1) is 7.11 Å². The Morgan fingerprint density at radius 3 is 2.82 bits per heavy atom. The summed E-state index contributed by atoms with van der Waals surface area (Å²) in [6, 6.07) is 4.92. The van der Waals surface area contributed by atoms with E-state index in [1.807, 2.05) is 5.48 Å². The predicted molar refractivity (Wildman–Crippen MR) is 42.8 cm³/mol. The van der Waals surface area contributed by atoms with Crippen molar-refractivity contribution in [3.8, 4) is 5.75 Å². The SMILES string of the molecule is COc1cc(N)ccc1NO. The van der Waals surface area contributed by atoms with E-state index in [1.165, 1.54) is 7.11 Å². The van der Waals surface area contributed by atoms with E-state index in [0.717, 1.165) is 0 Å². The fourth-order valence-electron chi connectivity index (χ4n) is 0.800. The molecule has 0 aliphatic carbocycles. The van der Waals surface area contributed by atoms with Crippen LogP contribution in [0.1, 0.15) is 0 Å². The van der Waals surface area contributed by atoms with E-state index in [2.05, 4.69) is 0 Å². The molecule has 0 unspecified atom stereocenters. The van der Waals surface area contributed by atoms with E-state index in [9.17, 15) is 0 Å². The van der Waals surface area contributed by atoms with E-state index >= 15 is 0 Å². The van der Waals surface area contributed by atoms with Gasteiger partial charge in [-0.3, -0.25) is 10.7 Å². The summed E-state index contributed by atoms with van der Waals surface area (Å²) < 4.78 is 4.91. The fraction of sp³-hybridized carbons (Fsp3) is 0.143. The third-order valence-corrected chi connectivity index (χ3v) is 1.35. The lowest BCUT2D eigenvalue weighted by Crippen LogP contribution is -1.95. The van der Waals surface area contributed by atoms with Crippen molar-refractivity contribution in [1.29, 1.82) is 0 Å². The van der Waals surface area contributed by atoms with Crippen LogP contribution in [-0.4, -0.2) is 12.3 Å². The van der Waals surface area contributed by atoms with Crippen LogP contribution in [0.5, 0.6) is 5.75 Å². The van der Waals surface area contributed by atoms with Gasteiger partial charge >= 0.3 is 0 Å². The molecule has 1 aromatic rings. The maximum atomic E-state index is 8.57. The van der Waals surface area contributed by atoms with Crippen LogP contribution in [-0.2, 0) is 0 Å². The Labute approximate surface area is 64.5 Å². The summed E-state index contributed by atoms with van der Waals surface area (Å²) >= 11 is 0. The quantitative estimate of drug-likeness (QED) is 0.440. The highest BCUT2D eigenvalue weighted by Crippen LogP contribution is 2.25. The van der Waals surface area contributed by atoms with Crippen molar-refractivity contribution in [2.75, 3.05) is 18.3 Å². The molecule has 1 rings (SSSR count). The molecule has 60 valence electrons. The van der Waals surface area contributed by atoms with Crippen LogP contribution in [0.15, 0.2) is 18.2 Å². The van der Waals surface area contributed by atoms with Gasteiger partial charge in [0.1, 0.15) is 11.4 Å². The zero-order valence-corrected chi connectivity index (χ0v) is 6.16. The first-order chi connectivity index (χ1) is 5.27. The topological polar surface area (TPSA) is 67.5 Å². The Kier molecular flexibility index (Phi) is 2.18. The zero-order chi connectivity index (χ0) is 8.27. The van der Waals surface area contributed by atoms with Crippen LogP contribution in [0.25, 0.3) is 0 Å². The first kappa shape index (κ1) is 7.68. The molecule has 4 heteroatoms. The molecular weight excluding hydrogens is 144 g/mol. The van der Waals surface area contributed by atoms with Gasteiger partial charge in [0, 0.05) is 11.8 Å². The summed E-state index contributed by atoms with van der Waals surface area (Å²) in [6.07, 6.45) is 0. The summed E-state index contributed by atoms with van der Waals surface area (Å²) in [6.45, 7) is 0. The van der Waals surface area contributed by atoms with Crippen molar-refractivity contribution < 1.29 is 9.94 Å². The minimum Gasteiger partial charge on any atom is -0.494 e. The number of nitrogens with one attached hydrogen (secondary N) is 1. The fourth-order valence-corrected chi connectivity index (χ4v) is 0.800. The molecule has 0 spiro atoms. The Hall–Kier alpha value is -1.42. The Morgan fingerprint density at radius 1 is 1.55 bits per heavy atom. The minimum absolute atomic E-state index is 0.502. The van der Waals surface area contributed by atoms with Crippen LogP contribution in [0, 0.1) is 0 Å². The average molecular weight is 154 g/mol.